The second-order valence-corrected chi connectivity index (χ2v) is 8.21. The van der Waals surface area contributed by atoms with Crippen molar-refractivity contribution < 1.29 is 14.6 Å². The zero-order valence-corrected chi connectivity index (χ0v) is 15.9. The van der Waals surface area contributed by atoms with Gasteiger partial charge in [0.25, 0.3) is 0 Å². The number of nitrogens with zero attached hydrogens (tertiary/aromatic N) is 1. The molecular weight excluding hydrogens is 354 g/mol. The highest BCUT2D eigenvalue weighted by molar-refractivity contribution is 8.00. The molecule has 0 saturated carbocycles. The quantitative estimate of drug-likeness (QED) is 0.783. The number of amides is 1. The second-order valence-electron chi connectivity index (χ2n) is 6.18. The number of thioether (sulfide) groups is 1. The molecule has 1 fully saturated rings. The van der Waals surface area contributed by atoms with Crippen molar-refractivity contribution in [3.63, 3.8) is 0 Å². The Balaban J connectivity index is 1.57. The van der Waals surface area contributed by atoms with Crippen LogP contribution in [0.1, 0.15) is 23.0 Å². The topological polar surface area (TPSA) is 49.8 Å². The maximum Gasteiger partial charge on any atom is 0.233 e. The van der Waals surface area contributed by atoms with Crippen LogP contribution in [0.3, 0.4) is 0 Å². The van der Waals surface area contributed by atoms with Crippen molar-refractivity contribution in [1.82, 2.24) is 4.90 Å². The molecule has 1 aliphatic rings. The molecule has 1 N–H and O–H groups in total. The van der Waals surface area contributed by atoms with Gasteiger partial charge in [-0.2, -0.15) is 0 Å². The highest BCUT2D eigenvalue weighted by Crippen LogP contribution is 2.27. The fourth-order valence-electron chi connectivity index (χ4n) is 2.90. The van der Waals surface area contributed by atoms with Gasteiger partial charge in [0.1, 0.15) is 0 Å². The van der Waals surface area contributed by atoms with Gasteiger partial charge in [-0.15, -0.1) is 23.1 Å². The van der Waals surface area contributed by atoms with Gasteiger partial charge < -0.3 is 14.7 Å². The van der Waals surface area contributed by atoms with E-state index in [1.54, 1.807) is 11.8 Å². The van der Waals surface area contributed by atoms with Crippen LogP contribution in [0.15, 0.2) is 46.7 Å². The summed E-state index contributed by atoms with van der Waals surface area (Å²) in [6.07, 6.45) is -0.0340. The van der Waals surface area contributed by atoms with Crippen molar-refractivity contribution >= 4 is 29.0 Å². The number of ether oxygens (including phenoxy) is 1. The summed E-state index contributed by atoms with van der Waals surface area (Å²) < 4.78 is 5.55. The second kappa shape index (κ2) is 8.85. The summed E-state index contributed by atoms with van der Waals surface area (Å²) in [5.41, 5.74) is 1.21. The van der Waals surface area contributed by atoms with Crippen LogP contribution in [0.5, 0.6) is 0 Å². The van der Waals surface area contributed by atoms with Gasteiger partial charge in [0, 0.05) is 22.7 Å². The summed E-state index contributed by atoms with van der Waals surface area (Å²) in [4.78, 5) is 16.6. The smallest absolute Gasteiger partial charge is 0.233 e. The third-order valence-corrected chi connectivity index (χ3v) is 6.27. The van der Waals surface area contributed by atoms with Crippen LogP contribution in [-0.4, -0.2) is 47.5 Å². The van der Waals surface area contributed by atoms with Crippen LogP contribution in [0.2, 0.25) is 0 Å². The molecule has 0 aliphatic carbocycles. The predicted molar refractivity (Wildman–Crippen MR) is 102 cm³/mol. The zero-order chi connectivity index (χ0) is 17.6. The summed E-state index contributed by atoms with van der Waals surface area (Å²) in [5, 5.41) is 12.4. The fourth-order valence-corrected chi connectivity index (χ4v) is 4.40. The van der Waals surface area contributed by atoms with Crippen LogP contribution in [0, 0.1) is 6.92 Å². The van der Waals surface area contributed by atoms with Gasteiger partial charge in [0.2, 0.25) is 5.91 Å². The number of aliphatic hydroxyl groups excluding tert-OH is 1. The van der Waals surface area contributed by atoms with E-state index in [4.69, 9.17) is 4.74 Å². The van der Waals surface area contributed by atoms with Crippen molar-refractivity contribution in [1.29, 1.82) is 0 Å². The Bertz CT molecular complexity index is 672. The first-order chi connectivity index (χ1) is 12.1. The highest BCUT2D eigenvalue weighted by atomic mass is 32.2. The van der Waals surface area contributed by atoms with Gasteiger partial charge in [-0.25, -0.2) is 0 Å². The number of thiophene rings is 1. The summed E-state index contributed by atoms with van der Waals surface area (Å²) in [7, 11) is 0. The van der Waals surface area contributed by atoms with E-state index in [0.717, 1.165) is 9.77 Å². The van der Waals surface area contributed by atoms with Crippen LogP contribution in [-0.2, 0) is 9.53 Å². The average Bonchev–Trinajstić information content (AvgIpc) is 3.16. The molecule has 1 aromatic carbocycles. The predicted octanol–water partition coefficient (Wildman–Crippen LogP) is 3.50. The number of rotatable bonds is 6. The Labute approximate surface area is 156 Å². The summed E-state index contributed by atoms with van der Waals surface area (Å²) in [5.74, 6) is 0.520. The van der Waals surface area contributed by atoms with Crippen molar-refractivity contribution in [2.75, 3.05) is 25.5 Å². The molecule has 0 bridgehead atoms. The first-order valence-electron chi connectivity index (χ1n) is 8.41. The maximum atomic E-state index is 12.7. The number of benzene rings is 1. The maximum absolute atomic E-state index is 12.7. The number of aryl methyl sites for hydroxylation is 1. The molecule has 0 unspecified atom stereocenters. The van der Waals surface area contributed by atoms with Gasteiger partial charge in [0.15, 0.2) is 0 Å². The molecule has 0 spiro atoms. The molecule has 25 heavy (non-hydrogen) atoms. The Hall–Kier alpha value is -1.34. The molecule has 4 nitrogen and oxygen atoms in total. The number of hydrogen-bond donors (Lipinski definition) is 1. The molecule has 2 heterocycles. The van der Waals surface area contributed by atoms with Crippen molar-refractivity contribution in [2.45, 2.75) is 30.4 Å². The van der Waals surface area contributed by atoms with E-state index in [-0.39, 0.29) is 11.9 Å². The normalized spacial score (nSPS) is 19.0. The van der Waals surface area contributed by atoms with E-state index in [1.165, 1.54) is 16.9 Å². The van der Waals surface area contributed by atoms with E-state index in [2.05, 4.69) is 19.1 Å². The van der Waals surface area contributed by atoms with Crippen LogP contribution in [0.4, 0.5) is 0 Å². The summed E-state index contributed by atoms with van der Waals surface area (Å²) in [6, 6.07) is 12.0. The first-order valence-corrected chi connectivity index (χ1v) is 10.3. The molecule has 1 saturated heterocycles. The van der Waals surface area contributed by atoms with Gasteiger partial charge >= 0.3 is 0 Å². The molecular formula is C19H23NO3S2. The lowest BCUT2D eigenvalue weighted by molar-refractivity contribution is -0.138. The average molecular weight is 378 g/mol. The molecule has 1 aliphatic heterocycles. The van der Waals surface area contributed by atoms with E-state index in [1.807, 2.05) is 34.5 Å². The molecule has 1 amide bonds. The Kier molecular flexibility index (Phi) is 6.53. The monoisotopic (exact) mass is 377 g/mol. The van der Waals surface area contributed by atoms with Gasteiger partial charge in [-0.1, -0.05) is 23.8 Å². The molecule has 1 aromatic heterocycles. The molecule has 3 rings (SSSR count). The molecule has 6 heteroatoms. The zero-order valence-electron chi connectivity index (χ0n) is 14.3. The highest BCUT2D eigenvalue weighted by Gasteiger charge is 2.29. The lowest BCUT2D eigenvalue weighted by Gasteiger charge is -2.36. The molecule has 2 aromatic rings. The van der Waals surface area contributed by atoms with Crippen LogP contribution >= 0.6 is 23.1 Å². The summed E-state index contributed by atoms with van der Waals surface area (Å²) >= 11 is 3.10. The number of hydrogen-bond acceptors (Lipinski definition) is 5. The minimum Gasteiger partial charge on any atom is -0.387 e. The Morgan fingerprint density at radius 3 is 2.92 bits per heavy atom. The molecule has 134 valence electrons. The van der Waals surface area contributed by atoms with Gasteiger partial charge in [-0.3, -0.25) is 4.79 Å². The van der Waals surface area contributed by atoms with Crippen molar-refractivity contribution in [3.05, 3.63) is 52.2 Å². The van der Waals surface area contributed by atoms with E-state index >= 15 is 0 Å². The van der Waals surface area contributed by atoms with Crippen molar-refractivity contribution in [2.24, 2.45) is 0 Å². The first kappa shape index (κ1) is 18.5. The third-order valence-electron chi connectivity index (χ3n) is 4.30. The standard InChI is InChI=1S/C19H23NO3S2/c1-14-4-6-16(7-5-14)25-13-19(22)20-8-9-23-12-15(20)11-17(21)18-3-2-10-24-18/h2-7,10,15,17,21H,8-9,11-13H2,1H3/t15-,17-/m1/s1. The number of morpholine rings is 1. The molecule has 2 atom stereocenters. The van der Waals surface area contributed by atoms with Crippen molar-refractivity contribution in [3.8, 4) is 0 Å². The third kappa shape index (κ3) is 5.07. The van der Waals surface area contributed by atoms with E-state index in [9.17, 15) is 9.90 Å². The number of aliphatic hydroxyl groups is 1. The lowest BCUT2D eigenvalue weighted by atomic mass is 10.1. The lowest BCUT2D eigenvalue weighted by Crippen LogP contribution is -2.49. The number of carbonyl (C=O) groups excluding carboxylic acids is 1. The van der Waals surface area contributed by atoms with Gasteiger partial charge in [-0.05, 0) is 30.5 Å². The minimum atomic E-state index is -0.549. The van der Waals surface area contributed by atoms with E-state index in [0.29, 0.717) is 31.9 Å². The minimum absolute atomic E-state index is 0.0723. The Morgan fingerprint density at radius 2 is 2.20 bits per heavy atom. The number of carbonyl (C=O) groups is 1. The van der Waals surface area contributed by atoms with Crippen LogP contribution in [0.25, 0.3) is 0 Å². The SMILES string of the molecule is Cc1ccc(SCC(=O)N2CCOC[C@H]2C[C@@H](O)c2cccs2)cc1. The van der Waals surface area contributed by atoms with Crippen LogP contribution < -0.4 is 0 Å². The summed E-state index contributed by atoms with van der Waals surface area (Å²) in [6.45, 7) is 3.70. The van der Waals surface area contributed by atoms with Gasteiger partial charge in [0.05, 0.1) is 31.1 Å². The molecule has 0 radical (unpaired) electrons. The largest absolute Gasteiger partial charge is 0.387 e. The van der Waals surface area contributed by atoms with E-state index < -0.39 is 6.10 Å². The fraction of sp³-hybridized carbons (Fsp3) is 0.421. The Morgan fingerprint density at radius 1 is 1.40 bits per heavy atom.